The smallest absolute Gasteiger partial charge is 0.326 e. The number of aliphatic hydroxyl groups excluding tert-OH is 1. The average Bonchev–Trinajstić information content (AvgIpc) is 2.88. The van der Waals surface area contributed by atoms with Crippen molar-refractivity contribution in [3.05, 3.63) is 29.8 Å². The molecule has 0 aromatic heterocycles. The molecule has 0 aliphatic heterocycles. The fourth-order valence-electron chi connectivity index (χ4n) is 3.70. The minimum absolute atomic E-state index is 0.0567. The summed E-state index contributed by atoms with van der Waals surface area (Å²) in [5, 5.41) is 36.4. The van der Waals surface area contributed by atoms with E-state index in [0.717, 1.165) is 0 Å². The van der Waals surface area contributed by atoms with E-state index in [2.05, 4.69) is 20.9 Å². The number of hydrogen-bond donors (Lipinski definition) is 10. The van der Waals surface area contributed by atoms with E-state index < -0.39 is 54.0 Å². The highest BCUT2D eigenvalue weighted by molar-refractivity contribution is 5.94. The molecule has 1 rings (SSSR count). The van der Waals surface area contributed by atoms with Crippen molar-refractivity contribution in [2.45, 2.75) is 75.7 Å². The van der Waals surface area contributed by atoms with Gasteiger partial charge in [0.15, 0.2) is 5.96 Å². The third kappa shape index (κ3) is 12.7. The number of nitrogens with zero attached hydrogens (tertiary/aromatic N) is 1. The number of carboxylic acids is 1. The molecule has 0 saturated heterocycles. The van der Waals surface area contributed by atoms with Gasteiger partial charge in [-0.05, 0) is 69.7 Å². The maximum absolute atomic E-state index is 13.2. The van der Waals surface area contributed by atoms with Crippen molar-refractivity contribution in [2.75, 3.05) is 13.1 Å². The van der Waals surface area contributed by atoms with Crippen molar-refractivity contribution in [2.24, 2.45) is 27.9 Å². The summed E-state index contributed by atoms with van der Waals surface area (Å²) in [6, 6.07) is 1.14. The van der Waals surface area contributed by atoms with Crippen molar-refractivity contribution < 1.29 is 34.5 Å². The van der Waals surface area contributed by atoms with Crippen LogP contribution in [0, 0.1) is 0 Å². The zero-order valence-corrected chi connectivity index (χ0v) is 22.6. The molecule has 15 heteroatoms. The molecule has 1 aromatic carbocycles. The Morgan fingerprint density at radius 2 is 1.50 bits per heavy atom. The number of aliphatic hydroxyl groups is 1. The summed E-state index contributed by atoms with van der Waals surface area (Å²) in [4.78, 5) is 54.3. The van der Waals surface area contributed by atoms with E-state index in [9.17, 15) is 34.5 Å². The quantitative estimate of drug-likeness (QED) is 0.0498. The molecule has 0 aliphatic rings. The Morgan fingerprint density at radius 3 is 2.05 bits per heavy atom. The number of nitrogens with two attached hydrogens (primary N) is 4. The van der Waals surface area contributed by atoms with Gasteiger partial charge in [-0.3, -0.25) is 19.4 Å². The predicted molar refractivity (Wildman–Crippen MR) is 148 cm³/mol. The van der Waals surface area contributed by atoms with Crippen LogP contribution >= 0.6 is 0 Å². The van der Waals surface area contributed by atoms with Crippen LogP contribution in [0.1, 0.15) is 44.6 Å². The molecule has 0 heterocycles. The van der Waals surface area contributed by atoms with Crippen LogP contribution in [0.5, 0.6) is 5.75 Å². The average molecular weight is 567 g/mol. The summed E-state index contributed by atoms with van der Waals surface area (Å²) in [7, 11) is 0. The second-order valence-corrected chi connectivity index (χ2v) is 9.40. The number of carbonyl (C=O) groups is 4. The number of unbranched alkanes of at least 4 members (excludes halogenated alkanes) is 1. The Labute approximate surface area is 232 Å². The zero-order chi connectivity index (χ0) is 30.2. The van der Waals surface area contributed by atoms with Gasteiger partial charge in [-0.25, -0.2) is 4.79 Å². The normalized spacial score (nSPS) is 14.6. The number of hydrogen-bond acceptors (Lipinski definition) is 9. The van der Waals surface area contributed by atoms with E-state index in [0.29, 0.717) is 24.9 Å². The molecule has 1 aromatic rings. The molecule has 0 saturated carbocycles. The number of aliphatic carboxylic acids is 1. The molecule has 5 atom stereocenters. The molecule has 0 radical (unpaired) electrons. The number of rotatable bonds is 18. The number of aromatic hydroxyl groups is 1. The third-order valence-electron chi connectivity index (χ3n) is 5.93. The number of phenols is 1. The fraction of sp³-hybridized carbons (Fsp3) is 0.560. The lowest BCUT2D eigenvalue weighted by molar-refractivity contribution is -0.143. The van der Waals surface area contributed by atoms with E-state index >= 15 is 0 Å². The molecule has 40 heavy (non-hydrogen) atoms. The zero-order valence-electron chi connectivity index (χ0n) is 22.6. The highest BCUT2D eigenvalue weighted by Gasteiger charge is 2.32. The van der Waals surface area contributed by atoms with Gasteiger partial charge >= 0.3 is 5.97 Å². The van der Waals surface area contributed by atoms with Gasteiger partial charge < -0.3 is 54.2 Å². The summed E-state index contributed by atoms with van der Waals surface area (Å²) in [5.74, 6) is -3.72. The Morgan fingerprint density at radius 1 is 0.900 bits per heavy atom. The van der Waals surface area contributed by atoms with Gasteiger partial charge in [0, 0.05) is 6.54 Å². The lowest BCUT2D eigenvalue weighted by Crippen LogP contribution is -2.60. The summed E-state index contributed by atoms with van der Waals surface area (Å²) < 4.78 is 0. The Kier molecular flexibility index (Phi) is 15.0. The molecule has 0 fully saturated rings. The highest BCUT2D eigenvalue weighted by atomic mass is 16.4. The van der Waals surface area contributed by atoms with Gasteiger partial charge in [-0.1, -0.05) is 12.1 Å². The molecule has 0 spiro atoms. The van der Waals surface area contributed by atoms with Gasteiger partial charge in [-0.2, -0.15) is 0 Å². The van der Waals surface area contributed by atoms with Crippen molar-refractivity contribution >= 4 is 29.7 Å². The number of amides is 3. The van der Waals surface area contributed by atoms with E-state index in [1.807, 2.05) is 0 Å². The van der Waals surface area contributed by atoms with Gasteiger partial charge in [0.25, 0.3) is 0 Å². The number of carbonyl (C=O) groups excluding carboxylic acids is 3. The van der Waals surface area contributed by atoms with Crippen LogP contribution in [-0.2, 0) is 25.6 Å². The lowest BCUT2D eigenvalue weighted by Gasteiger charge is -2.26. The topological polar surface area (TPSA) is 282 Å². The second-order valence-electron chi connectivity index (χ2n) is 9.40. The van der Waals surface area contributed by atoms with Gasteiger partial charge in [0.1, 0.15) is 23.9 Å². The minimum Gasteiger partial charge on any atom is -0.508 e. The fourth-order valence-corrected chi connectivity index (χ4v) is 3.70. The lowest BCUT2D eigenvalue weighted by atomic mass is 10.0. The number of nitrogens with one attached hydrogen (secondary N) is 3. The Balaban J connectivity index is 2.98. The van der Waals surface area contributed by atoms with E-state index in [1.165, 1.54) is 19.1 Å². The van der Waals surface area contributed by atoms with E-state index in [-0.39, 0.29) is 43.9 Å². The third-order valence-corrected chi connectivity index (χ3v) is 5.93. The maximum Gasteiger partial charge on any atom is 0.326 e. The number of carboxylic acid groups (broad SMARTS) is 1. The van der Waals surface area contributed by atoms with Crippen LogP contribution < -0.4 is 38.9 Å². The van der Waals surface area contributed by atoms with Crippen LogP contribution in [0.3, 0.4) is 0 Å². The first-order valence-electron chi connectivity index (χ1n) is 13.0. The molecule has 5 unspecified atom stereocenters. The van der Waals surface area contributed by atoms with Crippen molar-refractivity contribution in [3.8, 4) is 5.75 Å². The molecular weight excluding hydrogens is 524 g/mol. The number of benzene rings is 1. The van der Waals surface area contributed by atoms with Crippen molar-refractivity contribution in [1.29, 1.82) is 0 Å². The van der Waals surface area contributed by atoms with Crippen LogP contribution in [0.4, 0.5) is 0 Å². The van der Waals surface area contributed by atoms with Crippen LogP contribution in [0.25, 0.3) is 0 Å². The molecular formula is C25H42N8O7. The van der Waals surface area contributed by atoms with Crippen molar-refractivity contribution in [1.82, 2.24) is 16.0 Å². The highest BCUT2D eigenvalue weighted by Crippen LogP contribution is 2.11. The van der Waals surface area contributed by atoms with Crippen LogP contribution in [0.15, 0.2) is 29.3 Å². The molecule has 0 aliphatic carbocycles. The summed E-state index contributed by atoms with van der Waals surface area (Å²) in [6.07, 6.45) is 0.189. The molecule has 14 N–H and O–H groups in total. The second kappa shape index (κ2) is 17.6. The monoisotopic (exact) mass is 566 g/mol. The standard InChI is InChI=1S/C25H42N8O7/c1-14(34)20(23(38)32-19(24(39)40)5-2-3-11-26)33-22(37)18(6-4-12-30-25(28)29)31-21(36)17(27)13-15-7-9-16(35)10-8-15/h7-10,14,17-20,34-35H,2-6,11-13,26-27H2,1H3,(H,31,36)(H,32,38)(H,33,37)(H,39,40)(H4,28,29,30). The molecule has 0 bridgehead atoms. The number of phenolic OH excluding ortho intramolecular Hbond substituents is 1. The summed E-state index contributed by atoms with van der Waals surface area (Å²) in [6.45, 7) is 1.78. The first-order chi connectivity index (χ1) is 18.8. The molecule has 224 valence electrons. The van der Waals surface area contributed by atoms with Gasteiger partial charge in [-0.15, -0.1) is 0 Å². The summed E-state index contributed by atoms with van der Waals surface area (Å²) in [5.41, 5.74) is 22.8. The van der Waals surface area contributed by atoms with Gasteiger partial charge in [0.05, 0.1) is 12.1 Å². The summed E-state index contributed by atoms with van der Waals surface area (Å²) >= 11 is 0. The Bertz CT molecular complexity index is 999. The minimum atomic E-state index is -1.51. The number of aliphatic imine (C=N–C) groups is 1. The predicted octanol–water partition coefficient (Wildman–Crippen LogP) is -2.64. The van der Waals surface area contributed by atoms with Gasteiger partial charge in [0.2, 0.25) is 17.7 Å². The van der Waals surface area contributed by atoms with E-state index in [1.54, 1.807) is 12.1 Å². The van der Waals surface area contributed by atoms with E-state index in [4.69, 9.17) is 22.9 Å². The first-order valence-corrected chi connectivity index (χ1v) is 13.0. The molecule has 15 nitrogen and oxygen atoms in total. The molecule has 3 amide bonds. The number of guanidine groups is 1. The maximum atomic E-state index is 13.2. The largest absolute Gasteiger partial charge is 0.508 e. The van der Waals surface area contributed by atoms with Crippen LogP contribution in [0.2, 0.25) is 0 Å². The Hall–Kier alpha value is -3.95. The van der Waals surface area contributed by atoms with Crippen LogP contribution in [-0.4, -0.2) is 88.3 Å². The van der Waals surface area contributed by atoms with Crippen molar-refractivity contribution in [3.63, 3.8) is 0 Å². The first kappa shape index (κ1) is 34.1. The SMILES string of the molecule is CC(O)C(NC(=O)C(CCCN=C(N)N)NC(=O)C(N)Cc1ccc(O)cc1)C(=O)NC(CCCCN)C(=O)O.